The average molecular weight is 304 g/mol. The molecular formula is C13H22ClN3OS. The third-order valence-corrected chi connectivity index (χ3v) is 4.21. The van der Waals surface area contributed by atoms with Crippen LogP contribution in [0.1, 0.15) is 43.7 Å². The summed E-state index contributed by atoms with van der Waals surface area (Å²) in [5.41, 5.74) is 7.02. The van der Waals surface area contributed by atoms with Crippen LogP contribution in [-0.2, 0) is 17.6 Å². The number of nitrogens with two attached hydrogens (primary N) is 1. The lowest BCUT2D eigenvalue weighted by molar-refractivity contribution is -0.117. The minimum Gasteiger partial charge on any atom is -0.320 e. The molecule has 0 radical (unpaired) electrons. The maximum atomic E-state index is 11.9. The first kappa shape index (κ1) is 16.4. The number of hydrogen-bond acceptors (Lipinski definition) is 4. The van der Waals surface area contributed by atoms with Gasteiger partial charge in [0.25, 0.3) is 0 Å². The Morgan fingerprint density at radius 3 is 2.74 bits per heavy atom. The number of carbonyl (C=O) groups excluding carboxylic acids is 1. The van der Waals surface area contributed by atoms with Crippen molar-refractivity contribution in [2.24, 2.45) is 11.7 Å². The number of nitrogens with one attached hydrogen (secondary N) is 1. The summed E-state index contributed by atoms with van der Waals surface area (Å²) in [5.74, 6) is 0.310. The van der Waals surface area contributed by atoms with Crippen LogP contribution in [0.3, 0.4) is 0 Å². The molecule has 0 saturated carbocycles. The molecule has 108 valence electrons. The minimum atomic E-state index is -0.439. The summed E-state index contributed by atoms with van der Waals surface area (Å²) in [6.45, 7) is 4.13. The van der Waals surface area contributed by atoms with Crippen LogP contribution in [0.4, 0.5) is 5.13 Å². The predicted molar refractivity (Wildman–Crippen MR) is 82.1 cm³/mol. The normalized spacial score (nSPS) is 15.6. The maximum absolute atomic E-state index is 11.9. The Balaban J connectivity index is 0.00000180. The van der Waals surface area contributed by atoms with Crippen molar-refractivity contribution in [2.45, 2.75) is 52.0 Å². The van der Waals surface area contributed by atoms with E-state index in [0.29, 0.717) is 17.5 Å². The summed E-state index contributed by atoms with van der Waals surface area (Å²) in [4.78, 5) is 17.7. The largest absolute Gasteiger partial charge is 0.320 e. The van der Waals surface area contributed by atoms with Gasteiger partial charge in [-0.1, -0.05) is 13.8 Å². The standard InChI is InChI=1S/C13H21N3OS.ClH/c1-8(2)7-9(14)12(17)16-13-15-10-5-3-4-6-11(10)18-13;/h8-9H,3-7,14H2,1-2H3,(H,15,16,17);1H/t9-;/m0./s1. The number of hydrogen-bond donors (Lipinski definition) is 2. The molecule has 1 aliphatic rings. The molecule has 1 heterocycles. The molecule has 1 aromatic heterocycles. The second-order valence-electron chi connectivity index (χ2n) is 5.32. The predicted octanol–water partition coefficient (Wildman–Crippen LogP) is 2.76. The second kappa shape index (κ2) is 7.22. The van der Waals surface area contributed by atoms with Crippen molar-refractivity contribution >= 4 is 34.8 Å². The zero-order chi connectivity index (χ0) is 13.1. The molecule has 1 atom stereocenters. The highest BCUT2D eigenvalue weighted by molar-refractivity contribution is 7.15. The Kier molecular flexibility index (Phi) is 6.23. The molecule has 1 amide bonds. The Bertz CT molecular complexity index is 410. The number of halogens is 1. The van der Waals surface area contributed by atoms with Crippen LogP contribution in [0.2, 0.25) is 0 Å². The number of nitrogens with zero attached hydrogens (tertiary/aromatic N) is 1. The fourth-order valence-electron chi connectivity index (χ4n) is 2.22. The minimum absolute atomic E-state index is 0. The number of aromatic nitrogens is 1. The summed E-state index contributed by atoms with van der Waals surface area (Å²) >= 11 is 1.60. The van der Waals surface area contributed by atoms with Gasteiger partial charge in [0, 0.05) is 4.88 Å². The topological polar surface area (TPSA) is 68.0 Å². The van der Waals surface area contributed by atoms with Crippen molar-refractivity contribution in [3.8, 4) is 0 Å². The van der Waals surface area contributed by atoms with Gasteiger partial charge < -0.3 is 11.1 Å². The molecule has 0 unspecified atom stereocenters. The smallest absolute Gasteiger partial charge is 0.243 e. The lowest BCUT2D eigenvalue weighted by atomic mass is 10.0. The lowest BCUT2D eigenvalue weighted by Gasteiger charge is -2.12. The van der Waals surface area contributed by atoms with E-state index in [0.717, 1.165) is 12.8 Å². The van der Waals surface area contributed by atoms with Crippen LogP contribution in [-0.4, -0.2) is 16.9 Å². The van der Waals surface area contributed by atoms with Gasteiger partial charge in [-0.05, 0) is 38.0 Å². The average Bonchev–Trinajstić information content (AvgIpc) is 2.69. The molecule has 0 spiro atoms. The number of rotatable bonds is 4. The fraction of sp³-hybridized carbons (Fsp3) is 0.692. The summed E-state index contributed by atoms with van der Waals surface area (Å²) < 4.78 is 0. The monoisotopic (exact) mass is 303 g/mol. The van der Waals surface area contributed by atoms with Crippen molar-refractivity contribution in [3.05, 3.63) is 10.6 Å². The Hall–Kier alpha value is -0.650. The summed E-state index contributed by atoms with van der Waals surface area (Å²) in [7, 11) is 0. The maximum Gasteiger partial charge on any atom is 0.243 e. The lowest BCUT2D eigenvalue weighted by Crippen LogP contribution is -2.36. The van der Waals surface area contributed by atoms with Crippen LogP contribution >= 0.6 is 23.7 Å². The van der Waals surface area contributed by atoms with Gasteiger partial charge in [0.2, 0.25) is 5.91 Å². The Labute approximate surface area is 124 Å². The highest BCUT2D eigenvalue weighted by Gasteiger charge is 2.19. The van der Waals surface area contributed by atoms with Gasteiger partial charge in [-0.25, -0.2) is 4.98 Å². The second-order valence-corrected chi connectivity index (χ2v) is 6.40. The van der Waals surface area contributed by atoms with E-state index in [2.05, 4.69) is 24.1 Å². The number of aryl methyl sites for hydroxylation is 2. The fourth-order valence-corrected chi connectivity index (χ4v) is 3.27. The van der Waals surface area contributed by atoms with Gasteiger partial charge in [-0.2, -0.15) is 0 Å². The van der Waals surface area contributed by atoms with Crippen molar-refractivity contribution < 1.29 is 4.79 Å². The molecule has 0 fully saturated rings. The van der Waals surface area contributed by atoms with Crippen LogP contribution in [0, 0.1) is 5.92 Å². The Morgan fingerprint density at radius 1 is 1.42 bits per heavy atom. The van der Waals surface area contributed by atoms with Gasteiger partial charge in [-0.3, -0.25) is 4.79 Å². The molecule has 1 aliphatic carbocycles. The van der Waals surface area contributed by atoms with E-state index in [9.17, 15) is 4.79 Å². The van der Waals surface area contributed by atoms with E-state index in [4.69, 9.17) is 5.73 Å². The highest BCUT2D eigenvalue weighted by atomic mass is 35.5. The number of anilines is 1. The summed E-state index contributed by atoms with van der Waals surface area (Å²) in [5, 5.41) is 3.56. The van der Waals surface area contributed by atoms with Crippen molar-refractivity contribution in [1.82, 2.24) is 4.98 Å². The van der Waals surface area contributed by atoms with E-state index in [1.807, 2.05) is 0 Å². The molecule has 6 heteroatoms. The Morgan fingerprint density at radius 2 is 2.11 bits per heavy atom. The van der Waals surface area contributed by atoms with E-state index in [1.54, 1.807) is 11.3 Å². The summed E-state index contributed by atoms with van der Waals surface area (Å²) in [6, 6.07) is -0.439. The number of fused-ring (bicyclic) bond motifs is 1. The molecule has 19 heavy (non-hydrogen) atoms. The van der Waals surface area contributed by atoms with Crippen molar-refractivity contribution in [1.29, 1.82) is 0 Å². The van der Waals surface area contributed by atoms with Crippen molar-refractivity contribution in [3.63, 3.8) is 0 Å². The molecule has 0 aliphatic heterocycles. The van der Waals surface area contributed by atoms with Gasteiger partial charge in [0.15, 0.2) is 5.13 Å². The molecule has 4 nitrogen and oxygen atoms in total. The molecule has 2 rings (SSSR count). The van der Waals surface area contributed by atoms with E-state index >= 15 is 0 Å². The van der Waals surface area contributed by atoms with Gasteiger partial charge in [0.05, 0.1) is 11.7 Å². The molecule has 3 N–H and O–H groups in total. The van der Waals surface area contributed by atoms with Gasteiger partial charge >= 0.3 is 0 Å². The molecule has 0 saturated heterocycles. The summed E-state index contributed by atoms with van der Waals surface area (Å²) in [6.07, 6.45) is 5.28. The zero-order valence-corrected chi connectivity index (χ0v) is 13.1. The first-order valence-corrected chi connectivity index (χ1v) is 7.43. The molecular weight excluding hydrogens is 282 g/mol. The quantitative estimate of drug-likeness (QED) is 0.898. The third kappa shape index (κ3) is 4.44. The van der Waals surface area contributed by atoms with Crippen molar-refractivity contribution in [2.75, 3.05) is 5.32 Å². The molecule has 0 aromatic carbocycles. The number of thiazole rings is 1. The number of amides is 1. The van der Waals surface area contributed by atoms with Crippen LogP contribution < -0.4 is 11.1 Å². The third-order valence-electron chi connectivity index (χ3n) is 3.14. The first-order chi connectivity index (χ1) is 8.56. The first-order valence-electron chi connectivity index (χ1n) is 6.61. The van der Waals surface area contributed by atoms with Gasteiger partial charge in [-0.15, -0.1) is 23.7 Å². The van der Waals surface area contributed by atoms with E-state index in [-0.39, 0.29) is 18.3 Å². The van der Waals surface area contributed by atoms with Crippen LogP contribution in [0.15, 0.2) is 0 Å². The van der Waals surface area contributed by atoms with Gasteiger partial charge in [0.1, 0.15) is 0 Å². The molecule has 1 aromatic rings. The van der Waals surface area contributed by atoms with Crippen LogP contribution in [0.5, 0.6) is 0 Å². The van der Waals surface area contributed by atoms with Crippen LogP contribution in [0.25, 0.3) is 0 Å². The SMILES string of the molecule is CC(C)C[C@H](N)C(=O)Nc1nc2c(s1)CCCC2.Cl. The number of carbonyl (C=O) groups is 1. The highest BCUT2D eigenvalue weighted by Crippen LogP contribution is 2.29. The zero-order valence-electron chi connectivity index (χ0n) is 11.4. The van der Waals surface area contributed by atoms with E-state index in [1.165, 1.54) is 23.4 Å². The molecule has 0 bridgehead atoms. The van der Waals surface area contributed by atoms with E-state index < -0.39 is 6.04 Å².